The Morgan fingerprint density at radius 3 is 2.80 bits per heavy atom. The maximum absolute atomic E-state index is 14.2. The standard InChI is InChI=1S/C19H21FN2O3/c1-19(7-10-24-11-8-19)18(23)22-14-5-6-17(16(20)12-14)25-13-15-4-2-3-9-21-15/h2-6,9,12H,7-8,10-11,13H2,1H3,(H,22,23). The molecule has 0 spiro atoms. The number of carbonyl (C=O) groups excluding carboxylic acids is 1. The summed E-state index contributed by atoms with van der Waals surface area (Å²) in [4.78, 5) is 16.6. The second-order valence-electron chi connectivity index (χ2n) is 6.38. The summed E-state index contributed by atoms with van der Waals surface area (Å²) in [6.45, 7) is 3.23. The lowest BCUT2D eigenvalue weighted by Gasteiger charge is -2.31. The predicted octanol–water partition coefficient (Wildman–Crippen LogP) is 3.55. The highest BCUT2D eigenvalue weighted by molar-refractivity contribution is 5.95. The van der Waals surface area contributed by atoms with E-state index in [0.717, 1.165) is 0 Å². The molecule has 25 heavy (non-hydrogen) atoms. The second-order valence-corrected chi connectivity index (χ2v) is 6.38. The van der Waals surface area contributed by atoms with Crippen LogP contribution in [-0.2, 0) is 16.1 Å². The van der Waals surface area contributed by atoms with E-state index in [1.54, 1.807) is 24.4 Å². The molecule has 1 aliphatic rings. The summed E-state index contributed by atoms with van der Waals surface area (Å²) in [5.74, 6) is -0.510. The van der Waals surface area contributed by atoms with E-state index < -0.39 is 11.2 Å². The number of amides is 1. The van der Waals surface area contributed by atoms with Crippen LogP contribution in [-0.4, -0.2) is 24.1 Å². The fourth-order valence-electron chi connectivity index (χ4n) is 2.66. The molecule has 1 fully saturated rings. The summed E-state index contributed by atoms with van der Waals surface area (Å²) in [6.07, 6.45) is 2.98. The molecule has 2 heterocycles. The fourth-order valence-corrected chi connectivity index (χ4v) is 2.66. The first kappa shape index (κ1) is 17.4. The summed E-state index contributed by atoms with van der Waals surface area (Å²) in [5, 5.41) is 2.79. The number of rotatable bonds is 5. The van der Waals surface area contributed by atoms with Crippen molar-refractivity contribution in [2.24, 2.45) is 5.41 Å². The SMILES string of the molecule is CC1(C(=O)Nc2ccc(OCc3ccccn3)c(F)c2)CCOCC1. The summed E-state index contributed by atoms with van der Waals surface area (Å²) in [5.41, 5.74) is 0.648. The third-order valence-corrected chi connectivity index (χ3v) is 4.44. The minimum Gasteiger partial charge on any atom is -0.484 e. The molecule has 1 N–H and O–H groups in total. The average Bonchev–Trinajstić information content (AvgIpc) is 2.62. The monoisotopic (exact) mass is 344 g/mol. The van der Waals surface area contributed by atoms with Crippen LogP contribution in [0.5, 0.6) is 5.75 Å². The lowest BCUT2D eigenvalue weighted by molar-refractivity contribution is -0.129. The zero-order valence-corrected chi connectivity index (χ0v) is 14.1. The Hall–Kier alpha value is -2.47. The molecular weight excluding hydrogens is 323 g/mol. The van der Waals surface area contributed by atoms with Crippen molar-refractivity contribution in [3.8, 4) is 5.75 Å². The third-order valence-electron chi connectivity index (χ3n) is 4.44. The molecule has 1 aromatic heterocycles. The number of hydrogen-bond donors (Lipinski definition) is 1. The number of hydrogen-bond acceptors (Lipinski definition) is 4. The molecule has 0 bridgehead atoms. The first-order valence-corrected chi connectivity index (χ1v) is 8.28. The molecule has 1 amide bonds. The molecule has 0 unspecified atom stereocenters. The molecule has 0 atom stereocenters. The molecule has 1 saturated heterocycles. The van der Waals surface area contributed by atoms with E-state index >= 15 is 0 Å². The summed E-state index contributed by atoms with van der Waals surface area (Å²) < 4.78 is 25.0. The van der Waals surface area contributed by atoms with E-state index in [1.165, 1.54) is 12.1 Å². The van der Waals surface area contributed by atoms with Crippen LogP contribution < -0.4 is 10.1 Å². The number of anilines is 1. The van der Waals surface area contributed by atoms with Crippen molar-refractivity contribution in [3.05, 3.63) is 54.1 Å². The quantitative estimate of drug-likeness (QED) is 0.901. The van der Waals surface area contributed by atoms with Gasteiger partial charge in [0, 0.05) is 31.2 Å². The first-order valence-electron chi connectivity index (χ1n) is 8.28. The Morgan fingerprint density at radius 2 is 2.12 bits per heavy atom. The van der Waals surface area contributed by atoms with Crippen molar-refractivity contribution < 1.29 is 18.7 Å². The number of halogens is 1. The predicted molar refractivity (Wildman–Crippen MR) is 91.8 cm³/mol. The van der Waals surface area contributed by atoms with Gasteiger partial charge >= 0.3 is 0 Å². The van der Waals surface area contributed by atoms with Crippen LogP contribution in [0.25, 0.3) is 0 Å². The maximum Gasteiger partial charge on any atom is 0.230 e. The minimum atomic E-state index is -0.522. The van der Waals surface area contributed by atoms with Gasteiger partial charge in [-0.05, 0) is 37.1 Å². The van der Waals surface area contributed by atoms with E-state index in [0.29, 0.717) is 37.4 Å². The third kappa shape index (κ3) is 4.33. The number of nitrogens with zero attached hydrogens (tertiary/aromatic N) is 1. The normalized spacial score (nSPS) is 16.2. The van der Waals surface area contributed by atoms with Gasteiger partial charge in [-0.15, -0.1) is 0 Å². The van der Waals surface area contributed by atoms with Gasteiger partial charge in [-0.3, -0.25) is 9.78 Å². The molecule has 1 aliphatic heterocycles. The Labute approximate surface area is 146 Å². The zero-order chi connectivity index (χ0) is 17.7. The highest BCUT2D eigenvalue weighted by atomic mass is 19.1. The van der Waals surface area contributed by atoms with Gasteiger partial charge in [-0.25, -0.2) is 4.39 Å². The summed E-state index contributed by atoms with van der Waals surface area (Å²) in [7, 11) is 0. The number of aromatic nitrogens is 1. The largest absolute Gasteiger partial charge is 0.484 e. The van der Waals surface area contributed by atoms with Crippen LogP contribution in [0, 0.1) is 11.2 Å². The van der Waals surface area contributed by atoms with Crippen molar-refractivity contribution in [2.45, 2.75) is 26.4 Å². The van der Waals surface area contributed by atoms with Gasteiger partial charge < -0.3 is 14.8 Å². The minimum absolute atomic E-state index is 0.114. The Bertz CT molecular complexity index is 731. The van der Waals surface area contributed by atoms with E-state index in [1.807, 2.05) is 13.0 Å². The van der Waals surface area contributed by atoms with Crippen LogP contribution in [0.4, 0.5) is 10.1 Å². The van der Waals surface area contributed by atoms with Gasteiger partial charge in [0.05, 0.1) is 11.1 Å². The highest BCUT2D eigenvalue weighted by Crippen LogP contribution is 2.31. The zero-order valence-electron chi connectivity index (χ0n) is 14.1. The number of benzene rings is 1. The molecule has 0 saturated carbocycles. The van der Waals surface area contributed by atoms with Gasteiger partial charge in [0.1, 0.15) is 6.61 Å². The molecular formula is C19H21FN2O3. The van der Waals surface area contributed by atoms with Crippen molar-refractivity contribution in [1.82, 2.24) is 4.98 Å². The highest BCUT2D eigenvalue weighted by Gasteiger charge is 2.35. The van der Waals surface area contributed by atoms with Gasteiger partial charge in [0.2, 0.25) is 5.91 Å². The smallest absolute Gasteiger partial charge is 0.230 e. The molecule has 1 aromatic carbocycles. The topological polar surface area (TPSA) is 60.5 Å². The molecule has 0 radical (unpaired) electrons. The summed E-state index contributed by atoms with van der Waals surface area (Å²) >= 11 is 0. The molecule has 132 valence electrons. The molecule has 3 rings (SSSR count). The summed E-state index contributed by atoms with van der Waals surface area (Å²) in [6, 6.07) is 9.88. The Morgan fingerprint density at radius 1 is 1.32 bits per heavy atom. The van der Waals surface area contributed by atoms with E-state index in [-0.39, 0.29) is 18.3 Å². The number of carbonyl (C=O) groups is 1. The van der Waals surface area contributed by atoms with Crippen molar-refractivity contribution in [1.29, 1.82) is 0 Å². The Balaban J connectivity index is 1.62. The number of pyridine rings is 1. The fraction of sp³-hybridized carbons (Fsp3) is 0.368. The van der Waals surface area contributed by atoms with Crippen molar-refractivity contribution in [3.63, 3.8) is 0 Å². The van der Waals surface area contributed by atoms with Crippen LogP contribution in [0.2, 0.25) is 0 Å². The van der Waals surface area contributed by atoms with Crippen LogP contribution >= 0.6 is 0 Å². The molecule has 0 aliphatic carbocycles. The maximum atomic E-state index is 14.2. The van der Waals surface area contributed by atoms with Crippen molar-refractivity contribution in [2.75, 3.05) is 18.5 Å². The molecule has 2 aromatic rings. The van der Waals surface area contributed by atoms with Crippen LogP contribution in [0.15, 0.2) is 42.6 Å². The number of nitrogens with one attached hydrogen (secondary N) is 1. The van der Waals surface area contributed by atoms with Gasteiger partial charge in [0.15, 0.2) is 11.6 Å². The van der Waals surface area contributed by atoms with E-state index in [2.05, 4.69) is 10.3 Å². The number of ether oxygens (including phenoxy) is 2. The Kier molecular flexibility index (Phi) is 5.28. The first-order chi connectivity index (χ1) is 12.1. The average molecular weight is 344 g/mol. The van der Waals surface area contributed by atoms with Crippen molar-refractivity contribution >= 4 is 11.6 Å². The lowest BCUT2D eigenvalue weighted by atomic mass is 9.81. The lowest BCUT2D eigenvalue weighted by Crippen LogP contribution is -2.38. The van der Waals surface area contributed by atoms with Crippen LogP contribution in [0.3, 0.4) is 0 Å². The second kappa shape index (κ2) is 7.61. The molecule has 6 heteroatoms. The van der Waals surface area contributed by atoms with Gasteiger partial charge in [-0.2, -0.15) is 0 Å². The molecule has 5 nitrogen and oxygen atoms in total. The van der Waals surface area contributed by atoms with E-state index in [4.69, 9.17) is 9.47 Å². The van der Waals surface area contributed by atoms with Gasteiger partial charge in [0.25, 0.3) is 0 Å². The van der Waals surface area contributed by atoms with Crippen LogP contribution in [0.1, 0.15) is 25.5 Å². The van der Waals surface area contributed by atoms with Gasteiger partial charge in [-0.1, -0.05) is 13.0 Å². The van der Waals surface area contributed by atoms with E-state index in [9.17, 15) is 9.18 Å².